The Bertz CT molecular complexity index is 1310. The van der Waals surface area contributed by atoms with Gasteiger partial charge in [-0.25, -0.2) is 0 Å². The van der Waals surface area contributed by atoms with E-state index in [1.807, 2.05) is 37.2 Å². The van der Waals surface area contributed by atoms with Crippen molar-refractivity contribution < 1.29 is 19.1 Å². The van der Waals surface area contributed by atoms with Crippen molar-refractivity contribution in [2.24, 2.45) is 0 Å². The summed E-state index contributed by atoms with van der Waals surface area (Å²) in [6.45, 7) is 8.53. The Morgan fingerprint density at radius 1 is 1.10 bits per heavy atom. The van der Waals surface area contributed by atoms with Gasteiger partial charge in [-0.3, -0.25) is 15.0 Å². The van der Waals surface area contributed by atoms with Crippen LogP contribution in [0, 0.1) is 5.41 Å². The summed E-state index contributed by atoms with van der Waals surface area (Å²) in [5, 5.41) is 11.5. The number of rotatable bonds is 8. The van der Waals surface area contributed by atoms with Gasteiger partial charge in [0.2, 0.25) is 0 Å². The molecule has 2 heterocycles. The second-order valence-corrected chi connectivity index (χ2v) is 11.9. The van der Waals surface area contributed by atoms with Gasteiger partial charge < -0.3 is 29.5 Å². The van der Waals surface area contributed by atoms with Crippen molar-refractivity contribution in [1.29, 1.82) is 5.41 Å². The van der Waals surface area contributed by atoms with E-state index in [1.54, 1.807) is 32.2 Å². The standard InChI is InChI=1S/C31H43N5O4.BrH/c1-31(2,3)24-13-19(14-26(28(24)40-8)35-11-9-21(39-7)10-12-35)27(37)18-36-17-20-15-25(34(5)6)23(30(38)33-4)16-22(20)29(36)32;/h13-16,21,32H,9-12,17-18H2,1-8H3,(H,33,38);1H. The van der Waals surface area contributed by atoms with Gasteiger partial charge in [-0.15, -0.1) is 17.0 Å². The van der Waals surface area contributed by atoms with Gasteiger partial charge in [-0.1, -0.05) is 20.8 Å². The van der Waals surface area contributed by atoms with Gasteiger partial charge in [0.1, 0.15) is 11.6 Å². The molecule has 2 aliphatic heterocycles. The van der Waals surface area contributed by atoms with Gasteiger partial charge in [0.25, 0.3) is 5.91 Å². The van der Waals surface area contributed by atoms with Crippen molar-refractivity contribution in [1.82, 2.24) is 10.2 Å². The first-order valence-corrected chi connectivity index (χ1v) is 13.8. The number of benzene rings is 2. The summed E-state index contributed by atoms with van der Waals surface area (Å²) in [5.41, 5.74) is 5.19. The molecule has 0 aromatic heterocycles. The summed E-state index contributed by atoms with van der Waals surface area (Å²) in [5.74, 6) is 0.798. The largest absolute Gasteiger partial charge is 0.494 e. The number of amidine groups is 1. The van der Waals surface area contributed by atoms with Gasteiger partial charge in [-0.2, -0.15) is 0 Å². The van der Waals surface area contributed by atoms with Crippen LogP contribution in [0.3, 0.4) is 0 Å². The second-order valence-electron chi connectivity index (χ2n) is 11.9. The van der Waals surface area contributed by atoms with E-state index in [1.165, 1.54) is 0 Å². The molecule has 2 aliphatic rings. The summed E-state index contributed by atoms with van der Waals surface area (Å²) in [7, 11) is 8.82. The molecule has 0 atom stereocenters. The lowest BCUT2D eigenvalue weighted by atomic mass is 9.84. The molecular weight excluding hydrogens is 586 g/mol. The van der Waals surface area contributed by atoms with Crippen LogP contribution in [0.15, 0.2) is 24.3 Å². The molecule has 0 unspecified atom stereocenters. The molecule has 0 spiro atoms. The Morgan fingerprint density at radius 2 is 1.76 bits per heavy atom. The van der Waals surface area contributed by atoms with Crippen molar-refractivity contribution >= 4 is 45.9 Å². The Hall–Kier alpha value is -3.11. The number of ether oxygens (including phenoxy) is 2. The van der Waals surface area contributed by atoms with Crippen LogP contribution in [0.4, 0.5) is 11.4 Å². The first-order valence-electron chi connectivity index (χ1n) is 13.8. The molecule has 0 radical (unpaired) electrons. The van der Waals surface area contributed by atoms with E-state index in [0.29, 0.717) is 23.2 Å². The van der Waals surface area contributed by atoms with Crippen LogP contribution < -0.4 is 19.9 Å². The zero-order chi connectivity index (χ0) is 29.4. The number of ketones is 1. The van der Waals surface area contributed by atoms with Crippen LogP contribution in [0.5, 0.6) is 5.75 Å². The predicted molar refractivity (Wildman–Crippen MR) is 170 cm³/mol. The SMILES string of the molecule is Br.CNC(=O)c1cc2c(cc1N(C)C)CN(CC(=O)c1cc(N3CCC(OC)CC3)c(OC)c(C(C)(C)C)c1)C2=N. The lowest BCUT2D eigenvalue weighted by molar-refractivity contribution is 0.0818. The van der Waals surface area contributed by atoms with Crippen LogP contribution in [0.1, 0.15) is 71.0 Å². The van der Waals surface area contributed by atoms with Crippen molar-refractivity contribution in [3.05, 3.63) is 52.1 Å². The molecule has 0 aliphatic carbocycles. The minimum Gasteiger partial charge on any atom is -0.494 e. The summed E-state index contributed by atoms with van der Waals surface area (Å²) in [6, 6.07) is 7.62. The number of carbonyl (C=O) groups excluding carboxylic acids is 2. The quantitative estimate of drug-likeness (QED) is 0.411. The summed E-state index contributed by atoms with van der Waals surface area (Å²) < 4.78 is 11.5. The number of nitrogens with zero attached hydrogens (tertiary/aromatic N) is 3. The maximum Gasteiger partial charge on any atom is 0.253 e. The third-order valence-corrected chi connectivity index (χ3v) is 7.96. The maximum atomic E-state index is 13.8. The van der Waals surface area contributed by atoms with Gasteiger partial charge in [0.05, 0.1) is 31.0 Å². The van der Waals surface area contributed by atoms with Gasteiger partial charge in [0.15, 0.2) is 5.78 Å². The molecule has 2 aromatic carbocycles. The first kappa shape index (κ1) is 32.4. The van der Waals surface area contributed by atoms with Crippen molar-refractivity contribution in [3.8, 4) is 5.75 Å². The zero-order valence-electron chi connectivity index (χ0n) is 25.5. The molecular formula is C31H44BrN5O4. The van der Waals surface area contributed by atoms with E-state index < -0.39 is 0 Å². The summed E-state index contributed by atoms with van der Waals surface area (Å²) in [4.78, 5) is 32.3. The van der Waals surface area contributed by atoms with Gasteiger partial charge >= 0.3 is 0 Å². The number of nitrogens with one attached hydrogen (secondary N) is 2. The van der Waals surface area contributed by atoms with Gasteiger partial charge in [-0.05, 0) is 48.1 Å². The second kappa shape index (κ2) is 12.8. The number of fused-ring (bicyclic) bond motifs is 1. The summed E-state index contributed by atoms with van der Waals surface area (Å²) in [6.07, 6.45) is 2.08. The van der Waals surface area contributed by atoms with E-state index in [2.05, 4.69) is 31.0 Å². The Balaban J connectivity index is 0.00000462. The van der Waals surface area contributed by atoms with Crippen LogP contribution in [0.2, 0.25) is 0 Å². The number of carbonyl (C=O) groups is 2. The van der Waals surface area contributed by atoms with Crippen LogP contribution in [-0.4, -0.2) is 83.5 Å². The monoisotopic (exact) mass is 629 g/mol. The normalized spacial score (nSPS) is 15.4. The molecule has 41 heavy (non-hydrogen) atoms. The van der Waals surface area contributed by atoms with Crippen LogP contribution >= 0.6 is 17.0 Å². The Morgan fingerprint density at radius 3 is 2.29 bits per heavy atom. The molecule has 1 saturated heterocycles. The highest BCUT2D eigenvalue weighted by molar-refractivity contribution is 8.93. The summed E-state index contributed by atoms with van der Waals surface area (Å²) >= 11 is 0. The molecule has 9 nitrogen and oxygen atoms in total. The van der Waals surface area contributed by atoms with Gasteiger partial charge in [0, 0.05) is 70.3 Å². The van der Waals surface area contributed by atoms with E-state index >= 15 is 0 Å². The number of Topliss-reactive ketones (excluding diaryl/α,β-unsaturated/α-hetero) is 1. The molecule has 1 fully saturated rings. The number of hydrogen-bond acceptors (Lipinski definition) is 7. The number of hydrogen-bond donors (Lipinski definition) is 2. The highest BCUT2D eigenvalue weighted by Gasteiger charge is 2.32. The van der Waals surface area contributed by atoms with Crippen LogP contribution in [0.25, 0.3) is 0 Å². The molecule has 4 rings (SSSR count). The first-order chi connectivity index (χ1) is 18.9. The molecule has 224 valence electrons. The number of amides is 1. The predicted octanol–water partition coefficient (Wildman–Crippen LogP) is 4.64. The molecule has 2 N–H and O–H groups in total. The minimum absolute atomic E-state index is 0. The molecule has 0 bridgehead atoms. The smallest absolute Gasteiger partial charge is 0.253 e. The highest BCUT2D eigenvalue weighted by atomic mass is 79.9. The number of piperidine rings is 1. The highest BCUT2D eigenvalue weighted by Crippen LogP contribution is 2.41. The molecule has 10 heteroatoms. The Kier molecular flexibility index (Phi) is 10.1. The average Bonchev–Trinajstić information content (AvgIpc) is 3.24. The maximum absolute atomic E-state index is 13.8. The van der Waals surface area contributed by atoms with E-state index in [-0.39, 0.29) is 52.6 Å². The Labute approximate surface area is 254 Å². The number of anilines is 2. The van der Waals surface area contributed by atoms with E-state index in [9.17, 15) is 9.59 Å². The fourth-order valence-electron chi connectivity index (χ4n) is 5.64. The zero-order valence-corrected chi connectivity index (χ0v) is 27.2. The number of methoxy groups -OCH3 is 2. The van der Waals surface area contributed by atoms with Crippen molar-refractivity contribution in [2.75, 3.05) is 64.8 Å². The average molecular weight is 631 g/mol. The van der Waals surface area contributed by atoms with Crippen LogP contribution in [-0.2, 0) is 16.7 Å². The lowest BCUT2D eigenvalue weighted by Crippen LogP contribution is -2.37. The molecule has 1 amide bonds. The van der Waals surface area contributed by atoms with Crippen molar-refractivity contribution in [3.63, 3.8) is 0 Å². The minimum atomic E-state index is -0.239. The third-order valence-electron chi connectivity index (χ3n) is 7.96. The van der Waals surface area contributed by atoms with E-state index in [0.717, 1.165) is 54.2 Å². The number of halogens is 1. The topological polar surface area (TPSA) is 98.2 Å². The van der Waals surface area contributed by atoms with Crippen molar-refractivity contribution in [2.45, 2.75) is 51.7 Å². The fraction of sp³-hybridized carbons (Fsp3) is 0.516. The molecule has 2 aromatic rings. The lowest BCUT2D eigenvalue weighted by Gasteiger charge is -2.35. The fourth-order valence-corrected chi connectivity index (χ4v) is 5.64. The van der Waals surface area contributed by atoms with E-state index in [4.69, 9.17) is 14.9 Å². The molecule has 0 saturated carbocycles. The third kappa shape index (κ3) is 6.54.